The molecule has 0 bridgehead atoms. The third-order valence-corrected chi connectivity index (χ3v) is 1.23. The topological polar surface area (TPSA) is 80.4 Å². The minimum absolute atomic E-state index is 0.178. The normalized spacial score (nSPS) is 12.2. The smallest absolute Gasteiger partial charge is 0.308 e. The first kappa shape index (κ1) is 9.68. The molecule has 0 aliphatic carbocycles. The van der Waals surface area contributed by atoms with Crippen LogP contribution in [0.5, 0.6) is 0 Å². The number of nitrogens with two attached hydrogens (primary N) is 1. The van der Waals surface area contributed by atoms with Crippen molar-refractivity contribution in [3.63, 3.8) is 0 Å². The highest BCUT2D eigenvalue weighted by molar-refractivity contribution is 5.97. The van der Waals surface area contributed by atoms with E-state index in [4.69, 9.17) is 10.8 Å². The van der Waals surface area contributed by atoms with Gasteiger partial charge in [-0.15, -0.1) is 0 Å². The number of carboxylic acids is 1. The van der Waals surface area contributed by atoms with E-state index in [-0.39, 0.29) is 23.5 Å². The van der Waals surface area contributed by atoms with Gasteiger partial charge in [-0.25, -0.2) is 0 Å². The van der Waals surface area contributed by atoms with Crippen LogP contribution >= 0.6 is 0 Å². The van der Waals surface area contributed by atoms with Crippen LogP contribution in [0.3, 0.4) is 0 Å². The SMILES string of the molecule is CC(=O)/C(CC(=O)O)=C(\C)N. The van der Waals surface area contributed by atoms with Crippen molar-refractivity contribution in [2.24, 2.45) is 5.73 Å². The first-order valence-corrected chi connectivity index (χ1v) is 3.13. The number of carbonyl (C=O) groups excluding carboxylic acids is 1. The van der Waals surface area contributed by atoms with Gasteiger partial charge >= 0.3 is 5.97 Å². The maximum Gasteiger partial charge on any atom is 0.308 e. The Kier molecular flexibility index (Phi) is 3.30. The first-order valence-electron chi connectivity index (χ1n) is 3.13. The van der Waals surface area contributed by atoms with Crippen LogP contribution in [0.2, 0.25) is 0 Å². The molecular weight excluding hydrogens is 146 g/mol. The zero-order chi connectivity index (χ0) is 9.02. The molecule has 0 heterocycles. The van der Waals surface area contributed by atoms with E-state index in [2.05, 4.69) is 0 Å². The summed E-state index contributed by atoms with van der Waals surface area (Å²) in [4.78, 5) is 20.9. The van der Waals surface area contributed by atoms with Gasteiger partial charge in [-0.2, -0.15) is 0 Å². The van der Waals surface area contributed by atoms with Crippen LogP contribution in [0.15, 0.2) is 11.3 Å². The van der Waals surface area contributed by atoms with Gasteiger partial charge in [0.1, 0.15) is 0 Å². The molecule has 0 saturated heterocycles. The minimum Gasteiger partial charge on any atom is -0.481 e. The van der Waals surface area contributed by atoms with E-state index < -0.39 is 5.97 Å². The monoisotopic (exact) mass is 157 g/mol. The van der Waals surface area contributed by atoms with E-state index in [1.807, 2.05) is 0 Å². The van der Waals surface area contributed by atoms with E-state index in [1.165, 1.54) is 13.8 Å². The molecule has 3 N–H and O–H groups in total. The zero-order valence-corrected chi connectivity index (χ0v) is 6.55. The number of carbonyl (C=O) groups is 2. The molecule has 0 aromatic carbocycles. The highest BCUT2D eigenvalue weighted by Crippen LogP contribution is 2.05. The molecule has 0 fully saturated rings. The number of Topliss-reactive ketones (excluding diaryl/α,β-unsaturated/α-hetero) is 1. The predicted molar refractivity (Wildman–Crippen MR) is 39.8 cm³/mol. The number of allylic oxidation sites excluding steroid dienone is 1. The largest absolute Gasteiger partial charge is 0.481 e. The summed E-state index contributed by atoms with van der Waals surface area (Å²) < 4.78 is 0. The van der Waals surface area contributed by atoms with Gasteiger partial charge < -0.3 is 10.8 Å². The summed E-state index contributed by atoms with van der Waals surface area (Å²) >= 11 is 0. The van der Waals surface area contributed by atoms with Crippen LogP contribution in [0.4, 0.5) is 0 Å². The summed E-state index contributed by atoms with van der Waals surface area (Å²) in [6.07, 6.45) is -0.294. The van der Waals surface area contributed by atoms with Gasteiger partial charge in [0.2, 0.25) is 0 Å². The second kappa shape index (κ2) is 3.75. The quantitative estimate of drug-likeness (QED) is 0.577. The molecule has 0 atom stereocenters. The molecule has 0 saturated carbocycles. The number of hydrogen-bond acceptors (Lipinski definition) is 3. The Labute approximate surface area is 64.7 Å². The molecule has 0 rings (SSSR count). The average Bonchev–Trinajstić information content (AvgIpc) is 1.81. The molecule has 0 spiro atoms. The van der Waals surface area contributed by atoms with Gasteiger partial charge in [0.15, 0.2) is 5.78 Å². The summed E-state index contributed by atoms with van der Waals surface area (Å²) in [6, 6.07) is 0. The van der Waals surface area contributed by atoms with Crippen molar-refractivity contribution in [2.45, 2.75) is 20.3 Å². The highest BCUT2D eigenvalue weighted by atomic mass is 16.4. The first-order chi connectivity index (χ1) is 4.95. The van der Waals surface area contributed by atoms with Gasteiger partial charge in [0, 0.05) is 11.3 Å². The van der Waals surface area contributed by atoms with Gasteiger partial charge in [0.05, 0.1) is 6.42 Å². The lowest BCUT2D eigenvalue weighted by atomic mass is 10.1. The molecule has 0 aliphatic heterocycles. The molecule has 0 amide bonds. The lowest BCUT2D eigenvalue weighted by molar-refractivity contribution is -0.136. The summed E-state index contributed by atoms with van der Waals surface area (Å²) in [7, 11) is 0. The number of ketones is 1. The van der Waals surface area contributed by atoms with Crippen LogP contribution in [0.1, 0.15) is 20.3 Å². The van der Waals surface area contributed by atoms with Gasteiger partial charge in [0.25, 0.3) is 0 Å². The molecule has 0 aliphatic rings. The number of carboxylic acid groups (broad SMARTS) is 1. The third-order valence-electron chi connectivity index (χ3n) is 1.23. The summed E-state index contributed by atoms with van der Waals surface area (Å²) in [6.45, 7) is 2.81. The maximum absolute atomic E-state index is 10.7. The van der Waals surface area contributed by atoms with Crippen LogP contribution in [-0.4, -0.2) is 16.9 Å². The van der Waals surface area contributed by atoms with E-state index >= 15 is 0 Å². The van der Waals surface area contributed by atoms with Crippen molar-refractivity contribution in [3.05, 3.63) is 11.3 Å². The van der Waals surface area contributed by atoms with Crippen molar-refractivity contribution in [2.75, 3.05) is 0 Å². The van der Waals surface area contributed by atoms with Gasteiger partial charge in [-0.1, -0.05) is 0 Å². The molecule has 11 heavy (non-hydrogen) atoms. The van der Waals surface area contributed by atoms with Crippen molar-refractivity contribution in [3.8, 4) is 0 Å². The Morgan fingerprint density at radius 2 is 1.82 bits per heavy atom. The molecule has 0 radical (unpaired) electrons. The Balaban J connectivity index is 4.52. The standard InChI is InChI=1S/C7H11NO3/c1-4(8)6(5(2)9)3-7(10)11/h3,8H2,1-2H3,(H,10,11)/b6-4+. The van der Waals surface area contributed by atoms with E-state index in [0.29, 0.717) is 0 Å². The van der Waals surface area contributed by atoms with Crippen LogP contribution in [0, 0.1) is 0 Å². The molecule has 0 aromatic rings. The Morgan fingerprint density at radius 1 is 1.36 bits per heavy atom. The lowest BCUT2D eigenvalue weighted by Gasteiger charge is -2.00. The number of rotatable bonds is 3. The molecular formula is C7H11NO3. The predicted octanol–water partition coefficient (Wildman–Crippen LogP) is 0.283. The maximum atomic E-state index is 10.7. The fourth-order valence-corrected chi connectivity index (χ4v) is 0.693. The van der Waals surface area contributed by atoms with E-state index in [9.17, 15) is 9.59 Å². The zero-order valence-electron chi connectivity index (χ0n) is 6.55. The molecule has 0 unspecified atom stereocenters. The van der Waals surface area contributed by atoms with Crippen molar-refractivity contribution >= 4 is 11.8 Å². The van der Waals surface area contributed by atoms with Crippen LogP contribution in [-0.2, 0) is 9.59 Å². The Morgan fingerprint density at radius 3 is 1.91 bits per heavy atom. The number of hydrogen-bond donors (Lipinski definition) is 2. The fourth-order valence-electron chi connectivity index (χ4n) is 0.693. The van der Waals surface area contributed by atoms with Crippen molar-refractivity contribution in [1.82, 2.24) is 0 Å². The summed E-state index contributed by atoms with van der Waals surface area (Å²) in [5.74, 6) is -1.33. The fraction of sp³-hybridized carbons (Fsp3) is 0.429. The average molecular weight is 157 g/mol. The van der Waals surface area contributed by atoms with Gasteiger partial charge in [-0.05, 0) is 13.8 Å². The molecule has 0 aromatic heterocycles. The summed E-state index contributed by atoms with van der Waals surface area (Å²) in [5, 5.41) is 8.34. The van der Waals surface area contributed by atoms with Crippen LogP contribution in [0.25, 0.3) is 0 Å². The molecule has 62 valence electrons. The number of aliphatic carboxylic acids is 1. The van der Waals surface area contributed by atoms with Crippen LogP contribution < -0.4 is 5.73 Å². The second-order valence-electron chi connectivity index (χ2n) is 2.29. The minimum atomic E-state index is -1.04. The Hall–Kier alpha value is -1.32. The van der Waals surface area contributed by atoms with E-state index in [0.717, 1.165) is 0 Å². The Bertz CT molecular complexity index is 214. The lowest BCUT2D eigenvalue weighted by Crippen LogP contribution is -2.10. The second-order valence-corrected chi connectivity index (χ2v) is 2.29. The van der Waals surface area contributed by atoms with E-state index in [1.54, 1.807) is 0 Å². The van der Waals surface area contributed by atoms with Gasteiger partial charge in [-0.3, -0.25) is 9.59 Å². The van der Waals surface area contributed by atoms with Crippen molar-refractivity contribution < 1.29 is 14.7 Å². The molecule has 4 heteroatoms. The molecule has 4 nitrogen and oxygen atoms in total. The summed E-state index contributed by atoms with van der Waals surface area (Å²) in [5.41, 5.74) is 5.74. The highest BCUT2D eigenvalue weighted by Gasteiger charge is 2.10. The third kappa shape index (κ3) is 3.40. The van der Waals surface area contributed by atoms with Crippen molar-refractivity contribution in [1.29, 1.82) is 0 Å².